The normalized spacial score (nSPS) is 10.6. The summed E-state index contributed by atoms with van der Waals surface area (Å²) in [4.78, 5) is 31.3. The molecule has 0 radical (unpaired) electrons. The fraction of sp³-hybridized carbons (Fsp3) is 0.278. The van der Waals surface area contributed by atoms with Gasteiger partial charge in [0, 0.05) is 24.1 Å². The molecule has 0 N–H and O–H groups in total. The van der Waals surface area contributed by atoms with Crippen molar-refractivity contribution in [3.8, 4) is 0 Å². The van der Waals surface area contributed by atoms with Crippen LogP contribution < -0.4 is 5.56 Å². The van der Waals surface area contributed by atoms with E-state index >= 15 is 0 Å². The van der Waals surface area contributed by atoms with E-state index in [-0.39, 0.29) is 17.2 Å². The van der Waals surface area contributed by atoms with Gasteiger partial charge in [0.05, 0.1) is 16.7 Å². The Morgan fingerprint density at radius 3 is 2.64 bits per heavy atom. The summed E-state index contributed by atoms with van der Waals surface area (Å²) in [5.41, 5.74) is 0.527. The molecule has 0 atom stereocenters. The van der Waals surface area contributed by atoms with Gasteiger partial charge in [-0.25, -0.2) is 4.98 Å². The maximum absolute atomic E-state index is 12.7. The molecule has 2 rings (SSSR count). The predicted molar refractivity (Wildman–Crippen MR) is 107 cm³/mol. The van der Waals surface area contributed by atoms with Gasteiger partial charge in [0.2, 0.25) is 5.91 Å². The van der Waals surface area contributed by atoms with Gasteiger partial charge in [-0.3, -0.25) is 14.2 Å². The Balaban J connectivity index is 2.30. The summed E-state index contributed by atoms with van der Waals surface area (Å²) in [7, 11) is 0. The van der Waals surface area contributed by atoms with E-state index in [1.54, 1.807) is 33.8 Å². The number of fused-ring (bicyclic) bond motifs is 1. The Kier molecular flexibility index (Phi) is 7.01. The average Bonchev–Trinajstić information content (AvgIpc) is 2.60. The van der Waals surface area contributed by atoms with Crippen LogP contribution >= 0.6 is 27.7 Å². The fourth-order valence-electron chi connectivity index (χ4n) is 2.37. The first-order chi connectivity index (χ1) is 12.0. The molecular formula is C18H20BrN3O2S. The highest BCUT2D eigenvalue weighted by Gasteiger charge is 2.15. The molecule has 132 valence electrons. The minimum Gasteiger partial charge on any atom is -0.335 e. The number of aromatic nitrogens is 2. The van der Waals surface area contributed by atoms with Crippen molar-refractivity contribution in [2.75, 3.05) is 18.8 Å². The third kappa shape index (κ3) is 4.61. The largest absolute Gasteiger partial charge is 0.335 e. The zero-order valence-electron chi connectivity index (χ0n) is 14.1. The van der Waals surface area contributed by atoms with Gasteiger partial charge in [0.1, 0.15) is 0 Å². The number of halogens is 1. The average molecular weight is 422 g/mol. The van der Waals surface area contributed by atoms with E-state index in [4.69, 9.17) is 0 Å². The Morgan fingerprint density at radius 2 is 2.04 bits per heavy atom. The second kappa shape index (κ2) is 9.01. The van der Waals surface area contributed by atoms with Gasteiger partial charge in [0.25, 0.3) is 5.56 Å². The molecule has 0 spiro atoms. The van der Waals surface area contributed by atoms with Crippen molar-refractivity contribution in [2.45, 2.75) is 18.6 Å². The maximum atomic E-state index is 12.7. The first kappa shape index (κ1) is 19.5. The molecule has 1 aromatic heterocycles. The van der Waals surface area contributed by atoms with Crippen LogP contribution in [-0.4, -0.2) is 39.2 Å². The first-order valence-electron chi connectivity index (χ1n) is 7.84. The van der Waals surface area contributed by atoms with E-state index < -0.39 is 0 Å². The molecule has 2 aromatic rings. The first-order valence-corrected chi connectivity index (χ1v) is 9.62. The van der Waals surface area contributed by atoms with Crippen LogP contribution in [0.4, 0.5) is 0 Å². The molecule has 1 heterocycles. The molecule has 0 aliphatic carbocycles. The maximum Gasteiger partial charge on any atom is 0.262 e. The van der Waals surface area contributed by atoms with E-state index in [1.165, 1.54) is 11.8 Å². The topological polar surface area (TPSA) is 55.2 Å². The van der Waals surface area contributed by atoms with Gasteiger partial charge in [-0.2, -0.15) is 0 Å². The zero-order valence-corrected chi connectivity index (χ0v) is 16.5. The Hall–Kier alpha value is -1.86. The van der Waals surface area contributed by atoms with Crippen LogP contribution in [0.15, 0.2) is 57.9 Å². The summed E-state index contributed by atoms with van der Waals surface area (Å²) < 4.78 is 2.43. The molecule has 0 aliphatic rings. The third-order valence-corrected chi connectivity index (χ3v) is 5.03. The van der Waals surface area contributed by atoms with Crippen molar-refractivity contribution in [1.29, 1.82) is 0 Å². The van der Waals surface area contributed by atoms with E-state index in [2.05, 4.69) is 34.1 Å². The lowest BCUT2D eigenvalue weighted by Crippen LogP contribution is -2.33. The third-order valence-electron chi connectivity index (χ3n) is 3.57. The van der Waals surface area contributed by atoms with Crippen molar-refractivity contribution < 1.29 is 4.79 Å². The molecule has 0 unspecified atom stereocenters. The van der Waals surface area contributed by atoms with Crippen LogP contribution in [0.3, 0.4) is 0 Å². The van der Waals surface area contributed by atoms with Crippen molar-refractivity contribution in [3.05, 3.63) is 58.3 Å². The number of hydrogen-bond donors (Lipinski definition) is 0. The van der Waals surface area contributed by atoms with Crippen molar-refractivity contribution in [3.63, 3.8) is 0 Å². The Labute approximate surface area is 159 Å². The van der Waals surface area contributed by atoms with Gasteiger partial charge >= 0.3 is 0 Å². The van der Waals surface area contributed by atoms with Crippen LogP contribution in [0.1, 0.15) is 6.92 Å². The summed E-state index contributed by atoms with van der Waals surface area (Å²) in [5, 5.41) is 1.11. The van der Waals surface area contributed by atoms with Crippen LogP contribution in [0.5, 0.6) is 0 Å². The number of benzene rings is 1. The fourth-order valence-corrected chi connectivity index (χ4v) is 3.70. The Bertz CT molecular complexity index is 853. The molecular weight excluding hydrogens is 402 g/mol. The lowest BCUT2D eigenvalue weighted by Gasteiger charge is -2.19. The molecule has 0 saturated carbocycles. The predicted octanol–water partition coefficient (Wildman–Crippen LogP) is 3.47. The van der Waals surface area contributed by atoms with Crippen LogP contribution in [0.25, 0.3) is 10.9 Å². The van der Waals surface area contributed by atoms with Crippen molar-refractivity contribution in [1.82, 2.24) is 14.5 Å². The molecule has 1 aromatic carbocycles. The van der Waals surface area contributed by atoms with Crippen LogP contribution in [0, 0.1) is 0 Å². The number of thioether (sulfide) groups is 1. The second-order valence-electron chi connectivity index (χ2n) is 5.27. The van der Waals surface area contributed by atoms with Crippen molar-refractivity contribution in [2.24, 2.45) is 0 Å². The minimum atomic E-state index is -0.0993. The number of carbonyl (C=O) groups is 1. The van der Waals surface area contributed by atoms with Gasteiger partial charge in [-0.1, -0.05) is 39.8 Å². The molecule has 0 bridgehead atoms. The summed E-state index contributed by atoms with van der Waals surface area (Å²) in [5.74, 6) is 0.161. The van der Waals surface area contributed by atoms with E-state index in [0.717, 1.165) is 4.47 Å². The number of rotatable bonds is 8. The van der Waals surface area contributed by atoms with Gasteiger partial charge in [-0.05, 0) is 25.1 Å². The van der Waals surface area contributed by atoms with Crippen molar-refractivity contribution >= 4 is 44.5 Å². The quantitative estimate of drug-likeness (QED) is 0.372. The van der Waals surface area contributed by atoms with Crippen LogP contribution in [0.2, 0.25) is 0 Å². The van der Waals surface area contributed by atoms with Gasteiger partial charge in [0.15, 0.2) is 5.16 Å². The second-order valence-corrected chi connectivity index (χ2v) is 7.13. The summed E-state index contributed by atoms with van der Waals surface area (Å²) in [6, 6.07) is 5.42. The lowest BCUT2D eigenvalue weighted by atomic mass is 10.2. The number of nitrogens with zero attached hydrogens (tertiary/aromatic N) is 3. The highest BCUT2D eigenvalue weighted by Crippen LogP contribution is 2.21. The highest BCUT2D eigenvalue weighted by atomic mass is 79.9. The SMILES string of the molecule is C=CCN(CC=C)C(=O)CSc1nc2ccc(Br)cc2c(=O)n1CC. The molecule has 0 fully saturated rings. The molecule has 1 amide bonds. The van der Waals surface area contributed by atoms with Gasteiger partial charge in [-0.15, -0.1) is 13.2 Å². The van der Waals surface area contributed by atoms with Crippen LogP contribution in [-0.2, 0) is 11.3 Å². The van der Waals surface area contributed by atoms with E-state index in [0.29, 0.717) is 35.7 Å². The van der Waals surface area contributed by atoms with Gasteiger partial charge < -0.3 is 4.90 Å². The minimum absolute atomic E-state index is 0.0439. The smallest absolute Gasteiger partial charge is 0.262 e. The summed E-state index contributed by atoms with van der Waals surface area (Å²) in [6.07, 6.45) is 3.36. The molecule has 0 aliphatic heterocycles. The number of carbonyl (C=O) groups excluding carboxylic acids is 1. The Morgan fingerprint density at radius 1 is 1.36 bits per heavy atom. The lowest BCUT2D eigenvalue weighted by molar-refractivity contribution is -0.127. The summed E-state index contributed by atoms with van der Waals surface area (Å²) >= 11 is 4.65. The standard InChI is InChI=1S/C18H20BrN3O2S/c1-4-9-21(10-5-2)16(23)12-25-18-20-15-8-7-13(19)11-14(15)17(24)22(18)6-3/h4-5,7-8,11H,1-2,6,9-10,12H2,3H3. The molecule has 5 nitrogen and oxygen atoms in total. The molecule has 7 heteroatoms. The van der Waals surface area contributed by atoms with E-state index in [1.807, 2.05) is 13.0 Å². The summed E-state index contributed by atoms with van der Waals surface area (Å²) in [6.45, 7) is 10.6. The highest BCUT2D eigenvalue weighted by molar-refractivity contribution is 9.10. The zero-order chi connectivity index (χ0) is 18.4. The number of amides is 1. The monoisotopic (exact) mass is 421 g/mol. The number of hydrogen-bond acceptors (Lipinski definition) is 4. The molecule has 0 saturated heterocycles. The molecule has 25 heavy (non-hydrogen) atoms. The van der Waals surface area contributed by atoms with E-state index in [9.17, 15) is 9.59 Å².